The molecule has 0 radical (unpaired) electrons. The molecule has 2 fully saturated rings. The van der Waals surface area contributed by atoms with E-state index in [0.29, 0.717) is 5.91 Å². The number of benzene rings is 1. The Morgan fingerprint density at radius 2 is 1.95 bits per heavy atom. The highest BCUT2D eigenvalue weighted by Crippen LogP contribution is 2.32. The third-order valence-corrected chi connectivity index (χ3v) is 5.09. The maximum atomic E-state index is 12.9. The van der Waals surface area contributed by atoms with Gasteiger partial charge in [-0.3, -0.25) is 4.79 Å². The summed E-state index contributed by atoms with van der Waals surface area (Å²) in [5.74, 6) is 0.558. The first kappa shape index (κ1) is 14.9. The van der Waals surface area contributed by atoms with Gasteiger partial charge in [-0.1, -0.05) is 49.1 Å². The van der Waals surface area contributed by atoms with Crippen LogP contribution in [0.5, 0.6) is 0 Å². The number of piperazine rings is 1. The van der Waals surface area contributed by atoms with E-state index in [2.05, 4.69) is 10.2 Å². The molecule has 1 amide bonds. The molecule has 3 rings (SSSR count). The van der Waals surface area contributed by atoms with Gasteiger partial charge in [0.1, 0.15) is 0 Å². The molecule has 1 saturated carbocycles. The summed E-state index contributed by atoms with van der Waals surface area (Å²) in [6.45, 7) is 2.45. The second-order valence-corrected chi connectivity index (χ2v) is 6.52. The molecule has 0 aromatic heterocycles. The van der Waals surface area contributed by atoms with Gasteiger partial charge in [0, 0.05) is 30.6 Å². The minimum absolute atomic E-state index is 0.0712. The number of rotatable bonds is 2. The normalized spacial score (nSPS) is 24.0. The molecule has 1 aliphatic carbocycles. The van der Waals surface area contributed by atoms with E-state index < -0.39 is 0 Å². The molecule has 1 N–H and O–H groups in total. The lowest BCUT2D eigenvalue weighted by Crippen LogP contribution is -2.50. The molecule has 21 heavy (non-hydrogen) atoms. The van der Waals surface area contributed by atoms with Gasteiger partial charge in [0.25, 0.3) is 0 Å². The number of hydrogen-bond donors (Lipinski definition) is 1. The first-order valence-corrected chi connectivity index (χ1v) is 8.41. The maximum absolute atomic E-state index is 12.9. The summed E-state index contributed by atoms with van der Waals surface area (Å²) in [5, 5.41) is 4.15. The topological polar surface area (TPSA) is 32.3 Å². The van der Waals surface area contributed by atoms with Crippen molar-refractivity contribution in [1.82, 2.24) is 10.2 Å². The van der Waals surface area contributed by atoms with Crippen LogP contribution in [0, 0.1) is 5.92 Å². The molecule has 1 atom stereocenters. The Labute approximate surface area is 131 Å². The summed E-state index contributed by atoms with van der Waals surface area (Å²) in [5.41, 5.74) is 1.07. The van der Waals surface area contributed by atoms with Crippen LogP contribution in [0.15, 0.2) is 24.3 Å². The Bertz CT molecular complexity index is 499. The van der Waals surface area contributed by atoms with Gasteiger partial charge in [-0.05, 0) is 24.5 Å². The Morgan fingerprint density at radius 3 is 2.71 bits per heavy atom. The highest BCUT2D eigenvalue weighted by molar-refractivity contribution is 6.31. The highest BCUT2D eigenvalue weighted by atomic mass is 35.5. The predicted octanol–water partition coefficient (Wildman–Crippen LogP) is 3.39. The van der Waals surface area contributed by atoms with Crippen molar-refractivity contribution >= 4 is 17.5 Å². The lowest BCUT2D eigenvalue weighted by Gasteiger charge is -2.39. The molecule has 4 heteroatoms. The van der Waals surface area contributed by atoms with Crippen molar-refractivity contribution in [2.45, 2.75) is 38.1 Å². The van der Waals surface area contributed by atoms with Crippen LogP contribution in [0.25, 0.3) is 0 Å². The van der Waals surface area contributed by atoms with Crippen molar-refractivity contribution in [2.24, 2.45) is 5.92 Å². The molecule has 3 nitrogen and oxygen atoms in total. The summed E-state index contributed by atoms with van der Waals surface area (Å²) >= 11 is 6.35. The zero-order chi connectivity index (χ0) is 14.7. The number of nitrogens with zero attached hydrogens (tertiary/aromatic N) is 1. The van der Waals surface area contributed by atoms with E-state index in [1.54, 1.807) is 0 Å². The zero-order valence-corrected chi connectivity index (χ0v) is 13.1. The fraction of sp³-hybridized carbons (Fsp3) is 0.588. The Hall–Kier alpha value is -1.06. The van der Waals surface area contributed by atoms with Crippen molar-refractivity contribution in [3.8, 4) is 0 Å². The highest BCUT2D eigenvalue weighted by Gasteiger charge is 2.33. The van der Waals surface area contributed by atoms with Gasteiger partial charge in [-0.15, -0.1) is 0 Å². The minimum atomic E-state index is 0.0712. The SMILES string of the molecule is O=C(C1CCCCC1)N1CCNCC1c1ccccc1Cl. The summed E-state index contributed by atoms with van der Waals surface area (Å²) in [4.78, 5) is 15.0. The Balaban J connectivity index is 1.81. The van der Waals surface area contributed by atoms with Crippen molar-refractivity contribution < 1.29 is 4.79 Å². The Morgan fingerprint density at radius 1 is 1.19 bits per heavy atom. The minimum Gasteiger partial charge on any atom is -0.333 e. The summed E-state index contributed by atoms with van der Waals surface area (Å²) in [6.07, 6.45) is 5.77. The summed E-state index contributed by atoms with van der Waals surface area (Å²) in [7, 11) is 0. The fourth-order valence-electron chi connectivity index (χ4n) is 3.58. The number of carbonyl (C=O) groups excluding carboxylic acids is 1. The lowest BCUT2D eigenvalue weighted by molar-refractivity contribution is -0.140. The van der Waals surface area contributed by atoms with Crippen LogP contribution in [0.2, 0.25) is 5.02 Å². The molecule has 1 unspecified atom stereocenters. The molecule has 1 aliphatic heterocycles. The summed E-state index contributed by atoms with van der Waals surface area (Å²) < 4.78 is 0. The molecule has 0 bridgehead atoms. The van der Waals surface area contributed by atoms with Gasteiger partial charge in [0.2, 0.25) is 5.91 Å². The second-order valence-electron chi connectivity index (χ2n) is 6.11. The standard InChI is InChI=1S/C17H23ClN2O/c18-15-9-5-4-8-14(15)16-12-19-10-11-20(16)17(21)13-6-2-1-3-7-13/h4-5,8-9,13,16,19H,1-3,6-7,10-12H2. The molecule has 1 heterocycles. The van der Waals surface area contributed by atoms with E-state index in [1.807, 2.05) is 24.3 Å². The number of carbonyl (C=O) groups is 1. The average Bonchev–Trinajstić information content (AvgIpc) is 2.55. The smallest absolute Gasteiger partial charge is 0.226 e. The largest absolute Gasteiger partial charge is 0.333 e. The number of amides is 1. The van der Waals surface area contributed by atoms with Crippen molar-refractivity contribution in [3.63, 3.8) is 0 Å². The van der Waals surface area contributed by atoms with Gasteiger partial charge in [-0.25, -0.2) is 0 Å². The van der Waals surface area contributed by atoms with Crippen LogP contribution >= 0.6 is 11.6 Å². The van der Waals surface area contributed by atoms with E-state index in [-0.39, 0.29) is 12.0 Å². The van der Waals surface area contributed by atoms with Gasteiger partial charge in [0.05, 0.1) is 6.04 Å². The second kappa shape index (κ2) is 6.80. The average molecular weight is 307 g/mol. The molecule has 1 aromatic carbocycles. The van der Waals surface area contributed by atoms with Crippen LogP contribution in [-0.4, -0.2) is 30.4 Å². The summed E-state index contributed by atoms with van der Waals surface area (Å²) in [6, 6.07) is 7.96. The molecule has 1 saturated heterocycles. The third kappa shape index (κ3) is 3.24. The van der Waals surface area contributed by atoms with Crippen LogP contribution in [-0.2, 0) is 4.79 Å². The van der Waals surface area contributed by atoms with Crippen LogP contribution in [0.4, 0.5) is 0 Å². The van der Waals surface area contributed by atoms with Crippen LogP contribution in [0.3, 0.4) is 0 Å². The van der Waals surface area contributed by atoms with E-state index in [0.717, 1.165) is 43.1 Å². The maximum Gasteiger partial charge on any atom is 0.226 e. The molecular weight excluding hydrogens is 284 g/mol. The molecule has 1 aromatic rings. The van der Waals surface area contributed by atoms with Gasteiger partial charge in [-0.2, -0.15) is 0 Å². The zero-order valence-electron chi connectivity index (χ0n) is 12.4. The van der Waals surface area contributed by atoms with Crippen LogP contribution in [0.1, 0.15) is 43.7 Å². The number of halogens is 1. The monoisotopic (exact) mass is 306 g/mol. The van der Waals surface area contributed by atoms with Crippen molar-refractivity contribution in [3.05, 3.63) is 34.9 Å². The molecule has 2 aliphatic rings. The quantitative estimate of drug-likeness (QED) is 0.908. The lowest BCUT2D eigenvalue weighted by atomic mass is 9.87. The van der Waals surface area contributed by atoms with E-state index in [4.69, 9.17) is 11.6 Å². The predicted molar refractivity (Wildman–Crippen MR) is 85.4 cm³/mol. The fourth-order valence-corrected chi connectivity index (χ4v) is 3.84. The van der Waals surface area contributed by atoms with E-state index >= 15 is 0 Å². The van der Waals surface area contributed by atoms with Crippen molar-refractivity contribution in [1.29, 1.82) is 0 Å². The van der Waals surface area contributed by atoms with E-state index in [9.17, 15) is 4.79 Å². The first-order chi connectivity index (χ1) is 10.3. The molecular formula is C17H23ClN2O. The van der Waals surface area contributed by atoms with Gasteiger partial charge in [0.15, 0.2) is 0 Å². The van der Waals surface area contributed by atoms with E-state index in [1.165, 1.54) is 19.3 Å². The van der Waals surface area contributed by atoms with Gasteiger partial charge < -0.3 is 10.2 Å². The van der Waals surface area contributed by atoms with Crippen LogP contribution < -0.4 is 5.32 Å². The van der Waals surface area contributed by atoms with Gasteiger partial charge >= 0.3 is 0 Å². The number of hydrogen-bond acceptors (Lipinski definition) is 2. The number of nitrogens with one attached hydrogen (secondary N) is 1. The first-order valence-electron chi connectivity index (χ1n) is 8.03. The van der Waals surface area contributed by atoms with Crippen molar-refractivity contribution in [2.75, 3.05) is 19.6 Å². The third-order valence-electron chi connectivity index (χ3n) is 4.75. The Kier molecular flexibility index (Phi) is 4.81. The molecule has 0 spiro atoms. The molecule has 114 valence electrons.